The van der Waals surface area contributed by atoms with Gasteiger partial charge in [-0.15, -0.1) is 0 Å². The van der Waals surface area contributed by atoms with E-state index >= 15 is 0 Å². The highest BCUT2D eigenvalue weighted by Crippen LogP contribution is 2.26. The number of piperazine rings is 1. The predicted octanol–water partition coefficient (Wildman–Crippen LogP) is 3.35. The van der Waals surface area contributed by atoms with Crippen LogP contribution in [0.1, 0.15) is 10.4 Å². The molecule has 0 aliphatic carbocycles. The number of carbonyl (C=O) groups excluding carboxylic acids is 1. The largest absolute Gasteiger partial charge is 0.423 e. The number of H-pyrrole nitrogens is 1. The van der Waals surface area contributed by atoms with E-state index in [2.05, 4.69) is 32.4 Å². The lowest BCUT2D eigenvalue weighted by molar-refractivity contribution is 0.0664. The van der Waals surface area contributed by atoms with Crippen molar-refractivity contribution in [1.82, 2.24) is 25.0 Å². The van der Waals surface area contributed by atoms with E-state index in [-0.39, 0.29) is 5.91 Å². The number of aromatic amines is 1. The van der Waals surface area contributed by atoms with Crippen molar-refractivity contribution in [3.8, 4) is 11.3 Å². The summed E-state index contributed by atoms with van der Waals surface area (Å²) >= 11 is 0. The molecule has 1 fully saturated rings. The number of hydrogen-bond donors (Lipinski definition) is 2. The SMILES string of the molecule is CN1CCN(C(=O)c2ccc(-c3cnc(Nc4ccc5[nH]ncc5c4)o3)cc2)CC1. The van der Waals surface area contributed by atoms with Crippen molar-refractivity contribution in [1.29, 1.82) is 0 Å². The van der Waals surface area contributed by atoms with Gasteiger partial charge in [-0.3, -0.25) is 9.89 Å². The highest BCUT2D eigenvalue weighted by molar-refractivity contribution is 5.94. The number of oxazole rings is 1. The minimum Gasteiger partial charge on any atom is -0.423 e. The molecule has 2 aromatic carbocycles. The number of aromatic nitrogens is 3. The molecule has 0 spiro atoms. The van der Waals surface area contributed by atoms with Crippen LogP contribution >= 0.6 is 0 Å². The Labute approximate surface area is 173 Å². The molecule has 8 heteroatoms. The first-order chi connectivity index (χ1) is 14.7. The van der Waals surface area contributed by atoms with Crippen LogP contribution in [-0.4, -0.2) is 64.1 Å². The fourth-order valence-electron chi connectivity index (χ4n) is 3.58. The van der Waals surface area contributed by atoms with Gasteiger partial charge in [0.15, 0.2) is 5.76 Å². The molecule has 5 rings (SSSR count). The third-order valence-electron chi connectivity index (χ3n) is 5.40. The van der Waals surface area contributed by atoms with Gasteiger partial charge in [-0.2, -0.15) is 5.10 Å². The molecule has 0 saturated carbocycles. The molecule has 0 radical (unpaired) electrons. The first kappa shape index (κ1) is 18.4. The molecule has 8 nitrogen and oxygen atoms in total. The maximum atomic E-state index is 12.7. The Morgan fingerprint density at radius 2 is 1.87 bits per heavy atom. The summed E-state index contributed by atoms with van der Waals surface area (Å²) in [6.07, 6.45) is 3.45. The highest BCUT2D eigenvalue weighted by atomic mass is 16.4. The number of amides is 1. The van der Waals surface area contributed by atoms with E-state index in [1.165, 1.54) is 0 Å². The molecule has 0 atom stereocenters. The summed E-state index contributed by atoms with van der Waals surface area (Å²) in [7, 11) is 2.08. The molecule has 1 saturated heterocycles. The van der Waals surface area contributed by atoms with Gasteiger partial charge in [0.1, 0.15) is 0 Å². The number of fused-ring (bicyclic) bond motifs is 1. The van der Waals surface area contributed by atoms with Crippen LogP contribution in [0, 0.1) is 0 Å². The van der Waals surface area contributed by atoms with Gasteiger partial charge in [0.2, 0.25) is 0 Å². The van der Waals surface area contributed by atoms with E-state index in [0.29, 0.717) is 17.3 Å². The lowest BCUT2D eigenvalue weighted by Crippen LogP contribution is -2.47. The number of anilines is 2. The van der Waals surface area contributed by atoms with E-state index in [1.807, 2.05) is 47.4 Å². The Bertz CT molecular complexity index is 1170. The molecule has 1 amide bonds. The molecule has 1 aliphatic heterocycles. The topological polar surface area (TPSA) is 90.3 Å². The maximum Gasteiger partial charge on any atom is 0.299 e. The molecular formula is C22H22N6O2. The zero-order chi connectivity index (χ0) is 20.5. The van der Waals surface area contributed by atoms with Crippen molar-refractivity contribution in [2.45, 2.75) is 0 Å². The Morgan fingerprint density at radius 1 is 1.07 bits per heavy atom. The standard InChI is InChI=1S/C22H22N6O2/c1-27-8-10-28(11-9-27)21(29)16-4-2-15(3-5-16)20-14-23-22(30-20)25-18-6-7-19-17(12-18)13-24-26-19/h2-7,12-14H,8-11H2,1H3,(H,23,25)(H,24,26). The molecule has 30 heavy (non-hydrogen) atoms. The van der Waals surface area contributed by atoms with Gasteiger partial charge in [0, 0.05) is 48.4 Å². The molecule has 152 valence electrons. The minimum atomic E-state index is 0.0733. The van der Waals surface area contributed by atoms with E-state index < -0.39 is 0 Å². The van der Waals surface area contributed by atoms with E-state index in [0.717, 1.165) is 48.3 Å². The Hall–Kier alpha value is -3.65. The number of nitrogens with one attached hydrogen (secondary N) is 2. The van der Waals surface area contributed by atoms with Crippen LogP contribution < -0.4 is 5.32 Å². The lowest BCUT2D eigenvalue weighted by atomic mass is 10.1. The second-order valence-corrected chi connectivity index (χ2v) is 7.50. The van der Waals surface area contributed by atoms with Crippen LogP contribution in [-0.2, 0) is 0 Å². The second-order valence-electron chi connectivity index (χ2n) is 7.50. The molecule has 2 aromatic heterocycles. The highest BCUT2D eigenvalue weighted by Gasteiger charge is 2.20. The summed E-state index contributed by atoms with van der Waals surface area (Å²) in [6.45, 7) is 3.34. The molecule has 3 heterocycles. The minimum absolute atomic E-state index is 0.0733. The van der Waals surface area contributed by atoms with E-state index in [4.69, 9.17) is 4.42 Å². The number of hydrogen-bond acceptors (Lipinski definition) is 6. The smallest absolute Gasteiger partial charge is 0.299 e. The summed E-state index contributed by atoms with van der Waals surface area (Å²) in [5.74, 6) is 0.713. The van der Waals surface area contributed by atoms with Gasteiger partial charge in [-0.05, 0) is 37.4 Å². The summed E-state index contributed by atoms with van der Waals surface area (Å²) in [5, 5.41) is 11.1. The molecule has 4 aromatic rings. The lowest BCUT2D eigenvalue weighted by Gasteiger charge is -2.32. The number of carbonyl (C=O) groups is 1. The first-order valence-corrected chi connectivity index (χ1v) is 9.90. The zero-order valence-electron chi connectivity index (χ0n) is 16.6. The quantitative estimate of drug-likeness (QED) is 0.544. The van der Waals surface area contributed by atoms with Crippen molar-refractivity contribution in [2.75, 3.05) is 38.5 Å². The normalized spacial score (nSPS) is 14.9. The molecule has 1 aliphatic rings. The van der Waals surface area contributed by atoms with Gasteiger partial charge in [-0.1, -0.05) is 12.1 Å². The summed E-state index contributed by atoms with van der Waals surface area (Å²) in [6, 6.07) is 13.7. The molecule has 0 unspecified atom stereocenters. The number of nitrogens with zero attached hydrogens (tertiary/aromatic N) is 4. The van der Waals surface area contributed by atoms with Gasteiger partial charge in [-0.25, -0.2) is 4.98 Å². The summed E-state index contributed by atoms with van der Waals surface area (Å²) in [5.41, 5.74) is 3.40. The Morgan fingerprint density at radius 3 is 2.67 bits per heavy atom. The molecular weight excluding hydrogens is 380 g/mol. The summed E-state index contributed by atoms with van der Waals surface area (Å²) < 4.78 is 5.85. The molecule has 2 N–H and O–H groups in total. The summed E-state index contributed by atoms with van der Waals surface area (Å²) in [4.78, 5) is 21.1. The van der Waals surface area contributed by atoms with Crippen molar-refractivity contribution in [2.24, 2.45) is 0 Å². The number of rotatable bonds is 4. The number of benzene rings is 2. The molecule has 0 bridgehead atoms. The van der Waals surface area contributed by atoms with E-state index in [1.54, 1.807) is 12.4 Å². The Balaban J connectivity index is 1.28. The van der Waals surface area contributed by atoms with Crippen LogP contribution in [0.25, 0.3) is 22.2 Å². The fourth-order valence-corrected chi connectivity index (χ4v) is 3.58. The van der Waals surface area contributed by atoms with Crippen molar-refractivity contribution in [3.05, 3.63) is 60.4 Å². The number of likely N-dealkylation sites (N-methyl/N-ethyl adjacent to an activating group) is 1. The van der Waals surface area contributed by atoms with Gasteiger partial charge in [0.25, 0.3) is 11.9 Å². The van der Waals surface area contributed by atoms with Crippen LogP contribution in [0.2, 0.25) is 0 Å². The predicted molar refractivity (Wildman–Crippen MR) is 115 cm³/mol. The average Bonchev–Trinajstić information content (AvgIpc) is 3.43. The third-order valence-corrected chi connectivity index (χ3v) is 5.40. The van der Waals surface area contributed by atoms with Gasteiger partial charge in [0.05, 0.1) is 17.9 Å². The van der Waals surface area contributed by atoms with Crippen LogP contribution in [0.5, 0.6) is 0 Å². The Kier molecular flexibility index (Phi) is 4.68. The van der Waals surface area contributed by atoms with Crippen LogP contribution in [0.4, 0.5) is 11.7 Å². The second kappa shape index (κ2) is 7.64. The van der Waals surface area contributed by atoms with Gasteiger partial charge >= 0.3 is 0 Å². The van der Waals surface area contributed by atoms with Crippen LogP contribution in [0.15, 0.2) is 59.3 Å². The van der Waals surface area contributed by atoms with Crippen LogP contribution in [0.3, 0.4) is 0 Å². The maximum absolute atomic E-state index is 12.7. The monoisotopic (exact) mass is 402 g/mol. The van der Waals surface area contributed by atoms with Crippen molar-refractivity contribution >= 4 is 28.5 Å². The van der Waals surface area contributed by atoms with Gasteiger partial charge < -0.3 is 19.5 Å². The third kappa shape index (κ3) is 3.65. The first-order valence-electron chi connectivity index (χ1n) is 9.90. The van der Waals surface area contributed by atoms with Crippen molar-refractivity contribution < 1.29 is 9.21 Å². The average molecular weight is 402 g/mol. The van der Waals surface area contributed by atoms with Crippen molar-refractivity contribution in [3.63, 3.8) is 0 Å². The zero-order valence-corrected chi connectivity index (χ0v) is 16.6. The van der Waals surface area contributed by atoms with E-state index in [9.17, 15) is 4.79 Å². The fraction of sp³-hybridized carbons (Fsp3) is 0.227.